The highest BCUT2D eigenvalue weighted by atomic mass is 35.5. The Hall–Kier alpha value is -1.62. The number of rotatable bonds is 2. The monoisotopic (exact) mass is 235 g/mol. The summed E-state index contributed by atoms with van der Waals surface area (Å²) in [5.41, 5.74) is 7.42. The van der Waals surface area contributed by atoms with E-state index in [2.05, 4.69) is 15.1 Å². The number of halogens is 1. The van der Waals surface area contributed by atoms with E-state index in [1.807, 2.05) is 0 Å². The Labute approximate surface area is 97.3 Å². The molecule has 0 atom stereocenters. The fourth-order valence-corrected chi connectivity index (χ4v) is 1.74. The van der Waals surface area contributed by atoms with Gasteiger partial charge < -0.3 is 5.73 Å². The van der Waals surface area contributed by atoms with Gasteiger partial charge in [-0.25, -0.2) is 14.6 Å². The number of nitrogens with two attached hydrogens (primary N) is 1. The molecule has 2 aromatic heterocycles. The first-order valence-corrected chi connectivity index (χ1v) is 5.45. The van der Waals surface area contributed by atoms with E-state index in [0.29, 0.717) is 22.6 Å². The Morgan fingerprint density at radius 3 is 2.81 bits per heavy atom. The van der Waals surface area contributed by atoms with Gasteiger partial charge in [0.15, 0.2) is 0 Å². The van der Waals surface area contributed by atoms with Crippen LogP contribution in [0, 0.1) is 0 Å². The van der Waals surface area contributed by atoms with Gasteiger partial charge in [0.25, 0.3) is 5.95 Å². The topological polar surface area (TPSA) is 69.6 Å². The predicted molar refractivity (Wildman–Crippen MR) is 60.6 cm³/mol. The van der Waals surface area contributed by atoms with Crippen LogP contribution in [0.3, 0.4) is 0 Å². The van der Waals surface area contributed by atoms with Gasteiger partial charge >= 0.3 is 0 Å². The lowest BCUT2D eigenvalue weighted by Crippen LogP contribution is -2.06. The number of hydrogen-bond acceptors (Lipinski definition) is 4. The van der Waals surface area contributed by atoms with Crippen LogP contribution in [0.1, 0.15) is 24.5 Å². The summed E-state index contributed by atoms with van der Waals surface area (Å²) >= 11 is 5.79. The van der Waals surface area contributed by atoms with Crippen LogP contribution in [0.2, 0.25) is 5.02 Å². The van der Waals surface area contributed by atoms with Crippen LogP contribution in [-0.4, -0.2) is 19.7 Å². The fraction of sp³-hybridized carbons (Fsp3) is 0.300. The van der Waals surface area contributed by atoms with E-state index in [1.54, 1.807) is 23.3 Å². The van der Waals surface area contributed by atoms with Crippen molar-refractivity contribution in [1.29, 1.82) is 0 Å². The molecule has 0 bridgehead atoms. The normalized spacial score (nSPS) is 15.3. The summed E-state index contributed by atoms with van der Waals surface area (Å²) in [5, 5.41) is 4.62. The van der Waals surface area contributed by atoms with Crippen molar-refractivity contribution < 1.29 is 0 Å². The van der Waals surface area contributed by atoms with Crippen molar-refractivity contribution in [1.82, 2.24) is 19.7 Å². The third-order valence-electron chi connectivity index (χ3n) is 2.56. The molecule has 0 amide bonds. The van der Waals surface area contributed by atoms with Crippen LogP contribution in [0.15, 0.2) is 18.6 Å². The highest BCUT2D eigenvalue weighted by Crippen LogP contribution is 2.41. The molecule has 0 radical (unpaired) electrons. The van der Waals surface area contributed by atoms with Crippen molar-refractivity contribution in [2.45, 2.75) is 18.8 Å². The standard InChI is InChI=1S/C10H10ClN5/c11-7-3-14-16(5-7)10-13-4-8(12)9(15-10)6-1-2-6/h3-6H,1-2,12H2. The molecule has 1 aliphatic carbocycles. The van der Waals surface area contributed by atoms with Crippen LogP contribution < -0.4 is 5.73 Å². The molecular weight excluding hydrogens is 226 g/mol. The van der Waals surface area contributed by atoms with E-state index >= 15 is 0 Å². The zero-order valence-electron chi connectivity index (χ0n) is 8.47. The number of hydrogen-bond donors (Lipinski definition) is 1. The zero-order chi connectivity index (χ0) is 11.1. The summed E-state index contributed by atoms with van der Waals surface area (Å²) in [5.74, 6) is 1.01. The van der Waals surface area contributed by atoms with Crippen LogP contribution in [0.25, 0.3) is 5.95 Å². The van der Waals surface area contributed by atoms with Gasteiger partial charge in [-0.1, -0.05) is 11.6 Å². The minimum Gasteiger partial charge on any atom is -0.396 e. The Morgan fingerprint density at radius 2 is 2.19 bits per heavy atom. The number of aromatic nitrogens is 4. The van der Waals surface area contributed by atoms with Gasteiger partial charge in [0.2, 0.25) is 0 Å². The highest BCUT2D eigenvalue weighted by Gasteiger charge is 2.27. The first-order chi connectivity index (χ1) is 7.74. The maximum absolute atomic E-state index is 5.83. The van der Waals surface area contributed by atoms with Gasteiger partial charge in [-0.2, -0.15) is 5.10 Å². The van der Waals surface area contributed by atoms with Crippen LogP contribution in [0.4, 0.5) is 5.69 Å². The predicted octanol–water partition coefficient (Wildman–Crippen LogP) is 1.78. The molecule has 0 aromatic carbocycles. The molecule has 2 heterocycles. The average Bonchev–Trinajstić information content (AvgIpc) is 3.02. The second-order valence-electron chi connectivity index (χ2n) is 3.89. The Morgan fingerprint density at radius 1 is 1.38 bits per heavy atom. The SMILES string of the molecule is Nc1cnc(-n2cc(Cl)cn2)nc1C1CC1. The van der Waals surface area contributed by atoms with Gasteiger partial charge in [-0.3, -0.25) is 0 Å². The third kappa shape index (κ3) is 1.63. The average molecular weight is 236 g/mol. The quantitative estimate of drug-likeness (QED) is 0.861. The molecule has 3 rings (SSSR count). The van der Waals surface area contributed by atoms with E-state index in [1.165, 1.54) is 0 Å². The molecule has 1 saturated carbocycles. The largest absolute Gasteiger partial charge is 0.396 e. The molecule has 82 valence electrons. The molecule has 0 aliphatic heterocycles. The number of nitrogen functional groups attached to an aromatic ring is 1. The fourth-order valence-electron chi connectivity index (χ4n) is 1.60. The lowest BCUT2D eigenvalue weighted by atomic mass is 10.2. The lowest BCUT2D eigenvalue weighted by Gasteiger charge is -2.05. The maximum Gasteiger partial charge on any atom is 0.250 e. The van der Waals surface area contributed by atoms with Crippen molar-refractivity contribution in [2.24, 2.45) is 0 Å². The van der Waals surface area contributed by atoms with E-state index in [0.717, 1.165) is 18.5 Å². The van der Waals surface area contributed by atoms with Crippen molar-refractivity contribution in [3.63, 3.8) is 0 Å². The first-order valence-electron chi connectivity index (χ1n) is 5.07. The minimum absolute atomic E-state index is 0.493. The number of anilines is 1. The van der Waals surface area contributed by atoms with Gasteiger partial charge in [0, 0.05) is 5.92 Å². The second kappa shape index (κ2) is 3.45. The minimum atomic E-state index is 0.493. The van der Waals surface area contributed by atoms with Gasteiger partial charge in [0.05, 0.1) is 35.0 Å². The lowest BCUT2D eigenvalue weighted by molar-refractivity contribution is 0.793. The summed E-state index contributed by atoms with van der Waals surface area (Å²) in [4.78, 5) is 8.56. The van der Waals surface area contributed by atoms with E-state index in [9.17, 15) is 0 Å². The smallest absolute Gasteiger partial charge is 0.250 e. The van der Waals surface area contributed by atoms with E-state index < -0.39 is 0 Å². The van der Waals surface area contributed by atoms with Crippen molar-refractivity contribution in [3.05, 3.63) is 29.3 Å². The molecule has 6 heteroatoms. The summed E-state index contributed by atoms with van der Waals surface area (Å²) in [6, 6.07) is 0. The van der Waals surface area contributed by atoms with Gasteiger partial charge in [-0.05, 0) is 12.8 Å². The molecule has 1 fully saturated rings. The molecule has 0 spiro atoms. The molecule has 0 unspecified atom stereocenters. The summed E-state index contributed by atoms with van der Waals surface area (Å²) in [6.45, 7) is 0. The van der Waals surface area contributed by atoms with Crippen LogP contribution in [0.5, 0.6) is 0 Å². The molecule has 16 heavy (non-hydrogen) atoms. The first kappa shape index (κ1) is 9.59. The van der Waals surface area contributed by atoms with Crippen molar-refractivity contribution in [3.8, 4) is 5.95 Å². The van der Waals surface area contributed by atoms with E-state index in [-0.39, 0.29) is 0 Å². The molecular formula is C10H10ClN5. The summed E-state index contributed by atoms with van der Waals surface area (Å²) < 4.78 is 1.55. The highest BCUT2D eigenvalue weighted by molar-refractivity contribution is 6.30. The molecule has 5 nitrogen and oxygen atoms in total. The Balaban J connectivity index is 2.04. The Bertz CT molecular complexity index is 532. The van der Waals surface area contributed by atoms with Crippen LogP contribution in [-0.2, 0) is 0 Å². The Kier molecular flexibility index (Phi) is 2.07. The zero-order valence-corrected chi connectivity index (χ0v) is 9.22. The maximum atomic E-state index is 5.83. The van der Waals surface area contributed by atoms with Crippen LogP contribution >= 0.6 is 11.6 Å². The third-order valence-corrected chi connectivity index (χ3v) is 2.75. The second-order valence-corrected chi connectivity index (χ2v) is 4.32. The molecule has 0 saturated heterocycles. The summed E-state index contributed by atoms with van der Waals surface area (Å²) in [6.07, 6.45) is 7.16. The molecule has 2 N–H and O–H groups in total. The van der Waals surface area contributed by atoms with E-state index in [4.69, 9.17) is 17.3 Å². The summed E-state index contributed by atoms with van der Waals surface area (Å²) in [7, 11) is 0. The van der Waals surface area contributed by atoms with Gasteiger partial charge in [-0.15, -0.1) is 0 Å². The molecule has 2 aromatic rings. The van der Waals surface area contributed by atoms with Crippen molar-refractivity contribution in [2.75, 3.05) is 5.73 Å². The van der Waals surface area contributed by atoms with Gasteiger partial charge in [0.1, 0.15) is 0 Å². The number of nitrogens with zero attached hydrogens (tertiary/aromatic N) is 4. The van der Waals surface area contributed by atoms with Crippen molar-refractivity contribution >= 4 is 17.3 Å². The molecule has 1 aliphatic rings.